The highest BCUT2D eigenvalue weighted by Crippen LogP contribution is 2.10. The Morgan fingerprint density at radius 1 is 1.28 bits per heavy atom. The second-order valence-corrected chi connectivity index (χ2v) is 5.31. The van der Waals surface area contributed by atoms with Crippen molar-refractivity contribution >= 4 is 11.8 Å². The second kappa shape index (κ2) is 7.19. The highest BCUT2D eigenvalue weighted by Gasteiger charge is 2.20. The first-order valence-corrected chi connectivity index (χ1v) is 6.72. The molecule has 0 unspecified atom stereocenters. The highest BCUT2D eigenvalue weighted by molar-refractivity contribution is 5.85. The van der Waals surface area contributed by atoms with Crippen molar-refractivity contribution in [3.63, 3.8) is 0 Å². The summed E-state index contributed by atoms with van der Waals surface area (Å²) in [5.41, 5.74) is 0. The van der Waals surface area contributed by atoms with E-state index in [1.54, 1.807) is 6.92 Å². The Morgan fingerprint density at radius 3 is 2.67 bits per heavy atom. The molecule has 0 saturated carbocycles. The van der Waals surface area contributed by atoms with Gasteiger partial charge in [-0.2, -0.15) is 0 Å². The van der Waals surface area contributed by atoms with Crippen LogP contribution in [0, 0.1) is 11.8 Å². The first-order valence-electron chi connectivity index (χ1n) is 6.72. The first-order chi connectivity index (χ1) is 8.50. The van der Waals surface area contributed by atoms with E-state index in [1.165, 1.54) is 0 Å². The number of amides is 2. The van der Waals surface area contributed by atoms with Gasteiger partial charge in [-0.25, -0.2) is 0 Å². The van der Waals surface area contributed by atoms with Crippen molar-refractivity contribution in [3.8, 4) is 0 Å². The maximum absolute atomic E-state index is 11.9. The molecule has 0 spiro atoms. The summed E-state index contributed by atoms with van der Waals surface area (Å²) in [6, 6.07) is 0.156. The van der Waals surface area contributed by atoms with E-state index in [9.17, 15) is 9.59 Å². The van der Waals surface area contributed by atoms with E-state index in [0.29, 0.717) is 12.5 Å². The lowest BCUT2D eigenvalue weighted by Gasteiger charge is -2.22. The lowest BCUT2D eigenvalue weighted by molar-refractivity contribution is -0.130. The molecule has 0 radical (unpaired) electrons. The van der Waals surface area contributed by atoms with Gasteiger partial charge in [-0.05, 0) is 18.8 Å². The molecule has 18 heavy (non-hydrogen) atoms. The van der Waals surface area contributed by atoms with Gasteiger partial charge in [0.1, 0.15) is 0 Å². The zero-order valence-corrected chi connectivity index (χ0v) is 11.5. The van der Waals surface area contributed by atoms with Gasteiger partial charge >= 0.3 is 0 Å². The predicted molar refractivity (Wildman–Crippen MR) is 71.9 cm³/mol. The van der Waals surface area contributed by atoms with E-state index in [1.807, 2.05) is 0 Å². The van der Waals surface area contributed by atoms with Crippen molar-refractivity contribution in [2.24, 2.45) is 11.8 Å². The summed E-state index contributed by atoms with van der Waals surface area (Å²) in [5.74, 6) is 0.0532. The normalized spacial score (nSPS) is 28.9. The third-order valence-corrected chi connectivity index (χ3v) is 3.26. The lowest BCUT2D eigenvalue weighted by Crippen LogP contribution is -2.41. The predicted octanol–water partition coefficient (Wildman–Crippen LogP) is 1.62. The second-order valence-electron chi connectivity index (χ2n) is 5.31. The average Bonchev–Trinajstić information content (AvgIpc) is 2.29. The minimum absolute atomic E-state index is 0.0367. The lowest BCUT2D eigenvalue weighted by atomic mass is 9.99. The molecule has 0 aromatic heterocycles. The van der Waals surface area contributed by atoms with Gasteiger partial charge in [0.2, 0.25) is 11.8 Å². The van der Waals surface area contributed by atoms with Gasteiger partial charge in [-0.15, -0.1) is 0 Å². The minimum atomic E-state index is -0.263. The molecule has 1 aliphatic rings. The zero-order valence-electron chi connectivity index (χ0n) is 11.5. The summed E-state index contributed by atoms with van der Waals surface area (Å²) in [4.78, 5) is 23.5. The average molecular weight is 252 g/mol. The molecule has 102 valence electrons. The smallest absolute Gasteiger partial charge is 0.223 e. The molecule has 0 aliphatic carbocycles. The van der Waals surface area contributed by atoms with Gasteiger partial charge in [-0.1, -0.05) is 32.9 Å². The maximum Gasteiger partial charge on any atom is 0.223 e. The van der Waals surface area contributed by atoms with Crippen molar-refractivity contribution in [2.75, 3.05) is 6.54 Å². The quantitative estimate of drug-likeness (QED) is 0.697. The van der Waals surface area contributed by atoms with E-state index in [2.05, 4.69) is 36.6 Å². The van der Waals surface area contributed by atoms with E-state index in [-0.39, 0.29) is 30.2 Å². The number of nitrogens with one attached hydrogen (secondary N) is 2. The summed E-state index contributed by atoms with van der Waals surface area (Å²) < 4.78 is 0. The summed E-state index contributed by atoms with van der Waals surface area (Å²) in [5, 5.41) is 5.85. The summed E-state index contributed by atoms with van der Waals surface area (Å²) >= 11 is 0. The number of hydrogen-bond acceptors (Lipinski definition) is 2. The van der Waals surface area contributed by atoms with Crippen LogP contribution in [0.25, 0.3) is 0 Å². The molecule has 2 N–H and O–H groups in total. The number of carbonyl (C=O) groups is 2. The molecule has 0 saturated heterocycles. The van der Waals surface area contributed by atoms with Crippen LogP contribution < -0.4 is 10.6 Å². The fourth-order valence-electron chi connectivity index (χ4n) is 1.95. The van der Waals surface area contributed by atoms with Crippen LogP contribution >= 0.6 is 0 Å². The summed E-state index contributed by atoms with van der Waals surface area (Å²) in [6.45, 7) is 6.64. The molecule has 0 aromatic carbocycles. The summed E-state index contributed by atoms with van der Waals surface area (Å²) in [6.07, 6.45) is 6.11. The Labute approximate surface area is 109 Å². The van der Waals surface area contributed by atoms with Crippen LogP contribution in [0.5, 0.6) is 0 Å². The van der Waals surface area contributed by atoms with Gasteiger partial charge in [0.15, 0.2) is 0 Å². The van der Waals surface area contributed by atoms with Gasteiger partial charge in [0.25, 0.3) is 0 Å². The fraction of sp³-hybridized carbons (Fsp3) is 0.714. The van der Waals surface area contributed by atoms with Crippen molar-refractivity contribution in [3.05, 3.63) is 12.2 Å². The van der Waals surface area contributed by atoms with Crippen molar-refractivity contribution in [2.45, 2.75) is 46.1 Å². The standard InChI is InChI=1S/C14H24N2O2/c1-10(2)12-7-5-4-6-8-15-14(18)11(3)9-13(17)16-12/h4-5,10-12H,6-9H2,1-3H3,(H,15,18)(H,16,17)/b5-4-/t11-,12+/m0/s1. The van der Waals surface area contributed by atoms with Crippen LogP contribution in [0.3, 0.4) is 0 Å². The Morgan fingerprint density at radius 2 is 2.00 bits per heavy atom. The molecule has 4 heteroatoms. The maximum atomic E-state index is 11.9. The number of carbonyl (C=O) groups excluding carboxylic acids is 2. The number of rotatable bonds is 1. The van der Waals surface area contributed by atoms with Gasteiger partial charge in [-0.3, -0.25) is 9.59 Å². The largest absolute Gasteiger partial charge is 0.356 e. The highest BCUT2D eigenvalue weighted by atomic mass is 16.2. The van der Waals surface area contributed by atoms with Gasteiger partial charge < -0.3 is 10.6 Å². The molecule has 4 nitrogen and oxygen atoms in total. The van der Waals surface area contributed by atoms with Crippen molar-refractivity contribution in [1.29, 1.82) is 0 Å². The van der Waals surface area contributed by atoms with E-state index in [4.69, 9.17) is 0 Å². The van der Waals surface area contributed by atoms with Crippen LogP contribution in [-0.4, -0.2) is 24.4 Å². The van der Waals surface area contributed by atoms with Crippen LogP contribution in [0.2, 0.25) is 0 Å². The Hall–Kier alpha value is -1.32. The van der Waals surface area contributed by atoms with E-state index < -0.39 is 0 Å². The van der Waals surface area contributed by atoms with Crippen LogP contribution in [-0.2, 0) is 9.59 Å². The van der Waals surface area contributed by atoms with E-state index in [0.717, 1.165) is 12.8 Å². The van der Waals surface area contributed by atoms with Crippen molar-refractivity contribution in [1.82, 2.24) is 10.6 Å². The van der Waals surface area contributed by atoms with E-state index >= 15 is 0 Å². The Bertz CT molecular complexity index is 324. The fourth-order valence-corrected chi connectivity index (χ4v) is 1.95. The molecule has 0 bridgehead atoms. The Balaban J connectivity index is 2.70. The van der Waals surface area contributed by atoms with Crippen LogP contribution in [0.1, 0.15) is 40.0 Å². The van der Waals surface area contributed by atoms with Crippen LogP contribution in [0.4, 0.5) is 0 Å². The molecule has 1 aliphatic heterocycles. The minimum Gasteiger partial charge on any atom is -0.356 e. The van der Waals surface area contributed by atoms with Gasteiger partial charge in [0, 0.05) is 24.9 Å². The third-order valence-electron chi connectivity index (χ3n) is 3.26. The number of hydrogen-bond donors (Lipinski definition) is 2. The zero-order chi connectivity index (χ0) is 13.5. The van der Waals surface area contributed by atoms with Crippen LogP contribution in [0.15, 0.2) is 12.2 Å². The topological polar surface area (TPSA) is 58.2 Å². The summed E-state index contributed by atoms with van der Waals surface area (Å²) in [7, 11) is 0. The molecule has 2 amide bonds. The molecule has 2 atom stereocenters. The molecule has 0 fully saturated rings. The molecule has 1 heterocycles. The monoisotopic (exact) mass is 252 g/mol. The van der Waals surface area contributed by atoms with Crippen molar-refractivity contribution < 1.29 is 9.59 Å². The third kappa shape index (κ3) is 4.90. The molecular formula is C14H24N2O2. The molecular weight excluding hydrogens is 228 g/mol. The van der Waals surface area contributed by atoms with Gasteiger partial charge in [0.05, 0.1) is 0 Å². The molecule has 0 aromatic rings. The SMILES string of the molecule is CC(C)[C@H]1C/C=C\CCNC(=O)[C@@H](C)CC(=O)N1. The Kier molecular flexibility index (Phi) is 5.89. The molecule has 1 rings (SSSR count). The first kappa shape index (κ1) is 14.7.